The molecule has 2 heterocycles. The second kappa shape index (κ2) is 9.19. The molecule has 34 heavy (non-hydrogen) atoms. The maximum absolute atomic E-state index is 13.3. The Hall–Kier alpha value is -4.46. The van der Waals surface area contributed by atoms with Gasteiger partial charge in [0, 0.05) is 17.0 Å². The third-order valence-electron chi connectivity index (χ3n) is 5.73. The van der Waals surface area contributed by atoms with Crippen molar-refractivity contribution >= 4 is 35.5 Å². The Morgan fingerprint density at radius 3 is 2.38 bits per heavy atom. The number of barbiturate groups is 1. The number of rotatable bonds is 5. The van der Waals surface area contributed by atoms with E-state index in [1.54, 1.807) is 61.0 Å². The van der Waals surface area contributed by atoms with Crippen LogP contribution in [0.4, 0.5) is 10.5 Å². The molecule has 1 aliphatic rings. The van der Waals surface area contributed by atoms with Gasteiger partial charge in [0.05, 0.1) is 5.69 Å². The SMILES string of the molecule is CCc1ccccc1N1C(=O)NC(=O)/C(=C\c2cc(C)n(NC(=O)c3ccccc3)c2C)C1=O. The Morgan fingerprint density at radius 1 is 1.00 bits per heavy atom. The van der Waals surface area contributed by atoms with Crippen LogP contribution in [-0.2, 0) is 16.0 Å². The fraction of sp³-hybridized carbons (Fsp3) is 0.154. The van der Waals surface area contributed by atoms with Crippen LogP contribution in [0.1, 0.15) is 39.8 Å². The predicted molar refractivity (Wildman–Crippen MR) is 129 cm³/mol. The topological polar surface area (TPSA) is 101 Å². The molecule has 3 aromatic rings. The van der Waals surface area contributed by atoms with E-state index in [0.717, 1.165) is 10.5 Å². The van der Waals surface area contributed by atoms with E-state index in [4.69, 9.17) is 0 Å². The molecule has 0 unspecified atom stereocenters. The van der Waals surface area contributed by atoms with Gasteiger partial charge < -0.3 is 0 Å². The van der Waals surface area contributed by atoms with E-state index in [-0.39, 0.29) is 11.5 Å². The number of nitrogens with one attached hydrogen (secondary N) is 2. The number of urea groups is 1. The van der Waals surface area contributed by atoms with E-state index in [0.29, 0.717) is 34.6 Å². The summed E-state index contributed by atoms with van der Waals surface area (Å²) in [6, 6.07) is 16.8. The fourth-order valence-corrected chi connectivity index (χ4v) is 3.92. The average molecular weight is 457 g/mol. The summed E-state index contributed by atoms with van der Waals surface area (Å²) in [5.74, 6) is -1.76. The molecule has 1 aliphatic heterocycles. The lowest BCUT2D eigenvalue weighted by molar-refractivity contribution is -0.122. The zero-order valence-corrected chi connectivity index (χ0v) is 19.1. The molecule has 0 radical (unpaired) electrons. The number of benzene rings is 2. The Morgan fingerprint density at radius 2 is 1.68 bits per heavy atom. The molecule has 1 saturated heterocycles. The number of nitrogens with zero attached hydrogens (tertiary/aromatic N) is 2. The van der Waals surface area contributed by atoms with Crippen LogP contribution in [-0.4, -0.2) is 28.4 Å². The van der Waals surface area contributed by atoms with Gasteiger partial charge >= 0.3 is 6.03 Å². The van der Waals surface area contributed by atoms with Crippen LogP contribution in [0.5, 0.6) is 0 Å². The van der Waals surface area contributed by atoms with Gasteiger partial charge in [0.1, 0.15) is 5.57 Å². The van der Waals surface area contributed by atoms with Gasteiger partial charge in [-0.1, -0.05) is 43.3 Å². The van der Waals surface area contributed by atoms with Crippen LogP contribution < -0.4 is 15.6 Å². The Bertz CT molecular complexity index is 1340. The highest BCUT2D eigenvalue weighted by Crippen LogP contribution is 2.27. The molecule has 0 saturated carbocycles. The van der Waals surface area contributed by atoms with Crippen molar-refractivity contribution in [2.45, 2.75) is 27.2 Å². The van der Waals surface area contributed by atoms with Crippen LogP contribution >= 0.6 is 0 Å². The van der Waals surface area contributed by atoms with E-state index in [1.165, 1.54) is 6.08 Å². The van der Waals surface area contributed by atoms with Crippen LogP contribution in [0, 0.1) is 13.8 Å². The van der Waals surface area contributed by atoms with E-state index in [9.17, 15) is 19.2 Å². The van der Waals surface area contributed by atoms with Gasteiger partial charge in [-0.05, 0) is 61.7 Å². The number of para-hydroxylation sites is 1. The second-order valence-corrected chi connectivity index (χ2v) is 7.91. The molecular formula is C26H24N4O4. The van der Waals surface area contributed by atoms with Crippen molar-refractivity contribution < 1.29 is 19.2 Å². The molecule has 2 aromatic carbocycles. The maximum Gasteiger partial charge on any atom is 0.335 e. The normalized spacial score (nSPS) is 15.0. The summed E-state index contributed by atoms with van der Waals surface area (Å²) >= 11 is 0. The highest BCUT2D eigenvalue weighted by atomic mass is 16.2. The number of aryl methyl sites for hydroxylation is 2. The average Bonchev–Trinajstić information content (AvgIpc) is 3.09. The molecule has 8 heteroatoms. The summed E-state index contributed by atoms with van der Waals surface area (Å²) in [5, 5.41) is 2.26. The van der Waals surface area contributed by atoms with Crippen molar-refractivity contribution in [1.82, 2.24) is 9.99 Å². The number of carbonyl (C=O) groups is 4. The zero-order valence-electron chi connectivity index (χ0n) is 19.1. The predicted octanol–water partition coefficient (Wildman–Crippen LogP) is 3.72. The lowest BCUT2D eigenvalue weighted by Gasteiger charge is -2.27. The molecule has 8 nitrogen and oxygen atoms in total. The van der Waals surface area contributed by atoms with Crippen molar-refractivity contribution in [3.63, 3.8) is 0 Å². The van der Waals surface area contributed by atoms with Gasteiger partial charge in [-0.25, -0.2) is 9.69 Å². The zero-order chi connectivity index (χ0) is 24.4. The monoisotopic (exact) mass is 456 g/mol. The first-order valence-corrected chi connectivity index (χ1v) is 10.9. The van der Waals surface area contributed by atoms with Gasteiger partial charge in [0.25, 0.3) is 17.7 Å². The molecule has 0 aliphatic carbocycles. The molecular weight excluding hydrogens is 432 g/mol. The van der Waals surface area contributed by atoms with E-state index >= 15 is 0 Å². The summed E-state index contributed by atoms with van der Waals surface area (Å²) in [7, 11) is 0. The first-order chi connectivity index (χ1) is 16.3. The third-order valence-corrected chi connectivity index (χ3v) is 5.73. The minimum Gasteiger partial charge on any atom is -0.273 e. The molecule has 4 rings (SSSR count). The molecule has 0 spiro atoms. The Kier molecular flexibility index (Phi) is 6.14. The highest BCUT2D eigenvalue weighted by molar-refractivity contribution is 6.39. The Labute approximate surface area is 196 Å². The Balaban J connectivity index is 1.69. The van der Waals surface area contributed by atoms with Crippen molar-refractivity contribution in [3.05, 3.63) is 94.3 Å². The molecule has 0 atom stereocenters. The molecule has 2 N–H and O–H groups in total. The summed E-state index contributed by atoms with van der Waals surface area (Å²) < 4.78 is 1.60. The number of carbonyl (C=O) groups excluding carboxylic acids is 4. The molecule has 172 valence electrons. The number of hydrogen-bond acceptors (Lipinski definition) is 4. The lowest BCUT2D eigenvalue weighted by Crippen LogP contribution is -2.54. The van der Waals surface area contributed by atoms with Gasteiger partial charge in [-0.3, -0.25) is 29.8 Å². The third kappa shape index (κ3) is 4.13. The van der Waals surface area contributed by atoms with Gasteiger partial charge in [-0.15, -0.1) is 0 Å². The number of imide groups is 2. The van der Waals surface area contributed by atoms with Crippen LogP contribution in [0.15, 0.2) is 66.2 Å². The smallest absolute Gasteiger partial charge is 0.273 e. The van der Waals surface area contributed by atoms with Crippen LogP contribution in [0.2, 0.25) is 0 Å². The van der Waals surface area contributed by atoms with E-state index in [2.05, 4.69) is 10.7 Å². The quantitative estimate of drug-likeness (QED) is 0.451. The molecule has 0 bridgehead atoms. The van der Waals surface area contributed by atoms with Crippen LogP contribution in [0.3, 0.4) is 0 Å². The minimum atomic E-state index is -0.784. The first kappa shape index (κ1) is 22.7. The summed E-state index contributed by atoms with van der Waals surface area (Å²) in [5.41, 5.74) is 6.32. The molecule has 5 amide bonds. The first-order valence-electron chi connectivity index (χ1n) is 10.9. The second-order valence-electron chi connectivity index (χ2n) is 7.91. The number of hydrogen-bond donors (Lipinski definition) is 2. The number of anilines is 1. The lowest BCUT2D eigenvalue weighted by atomic mass is 10.0. The van der Waals surface area contributed by atoms with Gasteiger partial charge in [0.2, 0.25) is 0 Å². The van der Waals surface area contributed by atoms with E-state index in [1.807, 2.05) is 25.1 Å². The molecule has 1 aromatic heterocycles. The number of amides is 5. The van der Waals surface area contributed by atoms with Crippen LogP contribution in [0.25, 0.3) is 6.08 Å². The maximum atomic E-state index is 13.3. The summed E-state index contributed by atoms with van der Waals surface area (Å²) in [6.07, 6.45) is 2.06. The van der Waals surface area contributed by atoms with Crippen molar-refractivity contribution in [2.75, 3.05) is 10.3 Å². The molecule has 1 fully saturated rings. The van der Waals surface area contributed by atoms with Gasteiger partial charge in [-0.2, -0.15) is 0 Å². The minimum absolute atomic E-state index is 0.167. The standard InChI is InChI=1S/C26H24N4O4/c1-4-18-10-8-9-13-22(18)29-25(33)21(24(32)27-26(29)34)15-20-14-16(2)30(17(20)3)28-23(31)19-11-6-5-7-12-19/h5-15H,4H2,1-3H3,(H,28,31)(H,27,32,34)/b21-15+. The highest BCUT2D eigenvalue weighted by Gasteiger charge is 2.37. The van der Waals surface area contributed by atoms with E-state index < -0.39 is 17.8 Å². The van der Waals surface area contributed by atoms with Crippen molar-refractivity contribution in [2.24, 2.45) is 0 Å². The summed E-state index contributed by atoms with van der Waals surface area (Å²) in [6.45, 7) is 5.49. The number of aromatic nitrogens is 1. The largest absolute Gasteiger partial charge is 0.335 e. The fourth-order valence-electron chi connectivity index (χ4n) is 3.92. The van der Waals surface area contributed by atoms with Gasteiger partial charge in [0.15, 0.2) is 0 Å². The van der Waals surface area contributed by atoms with Crippen molar-refractivity contribution in [1.29, 1.82) is 0 Å². The summed E-state index contributed by atoms with van der Waals surface area (Å²) in [4.78, 5) is 52.0. The van der Waals surface area contributed by atoms with Crippen molar-refractivity contribution in [3.8, 4) is 0 Å².